The van der Waals surface area contributed by atoms with E-state index in [1.54, 1.807) is 4.90 Å². The molecular formula is C22H25N3OS2. The summed E-state index contributed by atoms with van der Waals surface area (Å²) in [6.07, 6.45) is 7.66. The number of hydrogen-bond donors (Lipinski definition) is 0. The van der Waals surface area contributed by atoms with Crippen molar-refractivity contribution in [2.45, 2.75) is 39.0 Å². The number of carbonyl (C=O) groups is 1. The average Bonchev–Trinajstić information content (AvgIpc) is 2.99. The highest BCUT2D eigenvalue weighted by molar-refractivity contribution is 8.26. The first kappa shape index (κ1) is 19.4. The van der Waals surface area contributed by atoms with E-state index in [1.807, 2.05) is 18.2 Å². The largest absolute Gasteiger partial charge is 0.356 e. The molecule has 1 amide bonds. The van der Waals surface area contributed by atoms with Gasteiger partial charge in [-0.05, 0) is 43.9 Å². The number of hydrogen-bond acceptors (Lipinski definition) is 5. The van der Waals surface area contributed by atoms with E-state index < -0.39 is 0 Å². The summed E-state index contributed by atoms with van der Waals surface area (Å²) in [5.74, 6) is 1.01. The fraction of sp³-hybridized carbons (Fsp3) is 0.409. The third kappa shape index (κ3) is 3.94. The van der Waals surface area contributed by atoms with Gasteiger partial charge in [0.05, 0.1) is 10.4 Å². The highest BCUT2D eigenvalue weighted by atomic mass is 32.2. The van der Waals surface area contributed by atoms with Gasteiger partial charge in [0, 0.05) is 30.6 Å². The van der Waals surface area contributed by atoms with Crippen LogP contribution in [0, 0.1) is 0 Å². The molecule has 1 aromatic carbocycles. The molecule has 28 heavy (non-hydrogen) atoms. The molecule has 3 heterocycles. The van der Waals surface area contributed by atoms with Crippen molar-refractivity contribution in [2.75, 3.05) is 24.5 Å². The highest BCUT2D eigenvalue weighted by Crippen LogP contribution is 2.35. The van der Waals surface area contributed by atoms with E-state index in [-0.39, 0.29) is 5.91 Å². The van der Waals surface area contributed by atoms with Gasteiger partial charge in [0.25, 0.3) is 5.91 Å². The van der Waals surface area contributed by atoms with E-state index >= 15 is 0 Å². The van der Waals surface area contributed by atoms with Crippen LogP contribution in [0.15, 0.2) is 35.2 Å². The lowest BCUT2D eigenvalue weighted by Crippen LogP contribution is -2.31. The maximum absolute atomic E-state index is 12.9. The zero-order valence-corrected chi connectivity index (χ0v) is 17.8. The van der Waals surface area contributed by atoms with Crippen LogP contribution in [-0.2, 0) is 4.79 Å². The van der Waals surface area contributed by atoms with Crippen LogP contribution >= 0.6 is 24.0 Å². The Kier molecular flexibility index (Phi) is 5.97. The number of piperidine rings is 1. The van der Waals surface area contributed by atoms with Crippen molar-refractivity contribution in [3.05, 3.63) is 40.8 Å². The van der Waals surface area contributed by atoms with Crippen molar-refractivity contribution >= 4 is 57.0 Å². The van der Waals surface area contributed by atoms with Gasteiger partial charge in [-0.15, -0.1) is 0 Å². The molecule has 2 saturated heterocycles. The van der Waals surface area contributed by atoms with E-state index in [4.69, 9.17) is 17.2 Å². The molecule has 0 unspecified atom stereocenters. The van der Waals surface area contributed by atoms with Gasteiger partial charge in [0.15, 0.2) is 0 Å². The average molecular weight is 412 g/mol. The Hall–Kier alpha value is -1.92. The number of benzene rings is 1. The minimum Gasteiger partial charge on any atom is -0.356 e. The van der Waals surface area contributed by atoms with Crippen LogP contribution in [0.3, 0.4) is 0 Å². The van der Waals surface area contributed by atoms with E-state index in [0.717, 1.165) is 48.2 Å². The zero-order chi connectivity index (χ0) is 19.5. The second-order valence-electron chi connectivity index (χ2n) is 7.33. The molecule has 0 bridgehead atoms. The Bertz CT molecular complexity index is 935. The third-order valence-electron chi connectivity index (χ3n) is 5.28. The number of para-hydroxylation sites is 1. The standard InChI is InChI=1S/C22H25N3OS2/c1-2-3-13-25-21(26)19(28-22(25)27)15-17-14-16-9-5-6-10-18(16)23-20(17)24-11-7-4-8-12-24/h5-6,9-10,14-15H,2-4,7-8,11-13H2,1H3/b19-15-. The van der Waals surface area contributed by atoms with Crippen molar-refractivity contribution in [1.82, 2.24) is 9.88 Å². The topological polar surface area (TPSA) is 36.4 Å². The van der Waals surface area contributed by atoms with Crippen LogP contribution in [0.4, 0.5) is 5.82 Å². The molecular weight excluding hydrogens is 386 g/mol. The van der Waals surface area contributed by atoms with Gasteiger partial charge in [-0.3, -0.25) is 9.69 Å². The normalized spacial score (nSPS) is 19.2. The number of nitrogens with zero attached hydrogens (tertiary/aromatic N) is 3. The summed E-state index contributed by atoms with van der Waals surface area (Å²) in [7, 11) is 0. The monoisotopic (exact) mass is 411 g/mol. The Morgan fingerprint density at radius 3 is 2.79 bits per heavy atom. The Labute approximate surface area is 176 Å². The summed E-state index contributed by atoms with van der Waals surface area (Å²) < 4.78 is 0.665. The number of pyridine rings is 1. The fourth-order valence-corrected chi connectivity index (χ4v) is 5.04. The number of amides is 1. The quantitative estimate of drug-likeness (QED) is 0.498. The number of fused-ring (bicyclic) bond motifs is 1. The van der Waals surface area contributed by atoms with Crippen molar-refractivity contribution in [1.29, 1.82) is 0 Å². The zero-order valence-electron chi connectivity index (χ0n) is 16.2. The first-order valence-electron chi connectivity index (χ1n) is 10.1. The summed E-state index contributed by atoms with van der Waals surface area (Å²) in [5.41, 5.74) is 2.01. The van der Waals surface area contributed by atoms with Crippen LogP contribution in [0.2, 0.25) is 0 Å². The number of thioether (sulfide) groups is 1. The molecule has 0 radical (unpaired) electrons. The summed E-state index contributed by atoms with van der Waals surface area (Å²) in [6.45, 7) is 4.86. The molecule has 0 N–H and O–H groups in total. The van der Waals surface area contributed by atoms with Gasteiger partial charge < -0.3 is 4.90 Å². The van der Waals surface area contributed by atoms with Crippen LogP contribution in [0.25, 0.3) is 17.0 Å². The maximum atomic E-state index is 12.9. The van der Waals surface area contributed by atoms with Crippen molar-refractivity contribution in [2.24, 2.45) is 0 Å². The van der Waals surface area contributed by atoms with Gasteiger partial charge in [0.2, 0.25) is 0 Å². The van der Waals surface area contributed by atoms with Crippen LogP contribution in [0.5, 0.6) is 0 Å². The lowest BCUT2D eigenvalue weighted by molar-refractivity contribution is -0.122. The predicted octanol–water partition coefficient (Wildman–Crippen LogP) is 5.23. The summed E-state index contributed by atoms with van der Waals surface area (Å²) in [6, 6.07) is 10.3. The van der Waals surface area contributed by atoms with Gasteiger partial charge in [-0.1, -0.05) is 55.5 Å². The molecule has 6 heteroatoms. The number of aromatic nitrogens is 1. The molecule has 4 rings (SSSR count). The fourth-order valence-electron chi connectivity index (χ4n) is 3.74. The molecule has 0 spiro atoms. The Morgan fingerprint density at radius 2 is 2.00 bits per heavy atom. The molecule has 4 nitrogen and oxygen atoms in total. The van der Waals surface area contributed by atoms with Crippen LogP contribution in [0.1, 0.15) is 44.6 Å². The van der Waals surface area contributed by atoms with E-state index in [2.05, 4.69) is 30.0 Å². The van der Waals surface area contributed by atoms with Crippen molar-refractivity contribution < 1.29 is 4.79 Å². The summed E-state index contributed by atoms with van der Waals surface area (Å²) >= 11 is 6.87. The van der Waals surface area contributed by atoms with E-state index in [1.165, 1.54) is 31.0 Å². The molecule has 0 atom stereocenters. The Morgan fingerprint density at radius 1 is 1.21 bits per heavy atom. The van der Waals surface area contributed by atoms with Gasteiger partial charge in [-0.2, -0.15) is 0 Å². The molecule has 2 fully saturated rings. The lowest BCUT2D eigenvalue weighted by Gasteiger charge is -2.29. The van der Waals surface area contributed by atoms with Crippen molar-refractivity contribution in [3.8, 4) is 0 Å². The molecule has 2 aliphatic rings. The summed E-state index contributed by atoms with van der Waals surface area (Å²) in [5, 5.41) is 1.09. The molecule has 146 valence electrons. The number of thiocarbonyl (C=S) groups is 1. The molecule has 0 aliphatic carbocycles. The molecule has 0 saturated carbocycles. The van der Waals surface area contributed by atoms with Crippen LogP contribution in [-0.4, -0.2) is 39.7 Å². The molecule has 2 aromatic rings. The highest BCUT2D eigenvalue weighted by Gasteiger charge is 2.32. The van der Waals surface area contributed by atoms with Gasteiger partial charge in [-0.25, -0.2) is 4.98 Å². The van der Waals surface area contributed by atoms with Gasteiger partial charge >= 0.3 is 0 Å². The summed E-state index contributed by atoms with van der Waals surface area (Å²) in [4.78, 5) is 22.7. The second kappa shape index (κ2) is 8.62. The molecule has 1 aromatic heterocycles. The first-order valence-corrected chi connectivity index (χ1v) is 11.3. The number of carbonyl (C=O) groups excluding carboxylic acids is 1. The molecule has 2 aliphatic heterocycles. The SMILES string of the molecule is CCCCN1C(=O)/C(=C/c2cc3ccccc3nc2N2CCCCC2)SC1=S. The van der Waals surface area contributed by atoms with Crippen molar-refractivity contribution in [3.63, 3.8) is 0 Å². The number of anilines is 1. The van der Waals surface area contributed by atoms with Gasteiger partial charge in [0.1, 0.15) is 10.1 Å². The van der Waals surface area contributed by atoms with E-state index in [0.29, 0.717) is 15.8 Å². The van der Waals surface area contributed by atoms with E-state index in [9.17, 15) is 4.79 Å². The van der Waals surface area contributed by atoms with Crippen LogP contribution < -0.4 is 4.90 Å². The minimum atomic E-state index is 0.0289. The number of rotatable bonds is 5. The Balaban J connectivity index is 1.73. The minimum absolute atomic E-state index is 0.0289. The lowest BCUT2D eigenvalue weighted by atomic mass is 10.1. The first-order chi connectivity index (χ1) is 13.7. The smallest absolute Gasteiger partial charge is 0.266 e. The second-order valence-corrected chi connectivity index (χ2v) is 9.00. The third-order valence-corrected chi connectivity index (χ3v) is 6.66. The predicted molar refractivity (Wildman–Crippen MR) is 123 cm³/mol. The maximum Gasteiger partial charge on any atom is 0.266 e. The number of unbranched alkanes of at least 4 members (excludes halogenated alkanes) is 1.